The summed E-state index contributed by atoms with van der Waals surface area (Å²) >= 11 is 0. The molecule has 1 aromatic heterocycles. The number of anilines is 3. The lowest BCUT2D eigenvalue weighted by atomic mass is 10.2. The Morgan fingerprint density at radius 2 is 2.00 bits per heavy atom. The number of pyridine rings is 1. The summed E-state index contributed by atoms with van der Waals surface area (Å²) in [6, 6.07) is 8.38. The highest BCUT2D eigenvalue weighted by Crippen LogP contribution is 2.22. The number of methoxy groups -OCH3 is 1. The van der Waals surface area contributed by atoms with Crippen molar-refractivity contribution >= 4 is 23.2 Å². The van der Waals surface area contributed by atoms with Crippen molar-refractivity contribution < 1.29 is 14.3 Å². The van der Waals surface area contributed by atoms with Gasteiger partial charge < -0.3 is 25.5 Å². The molecule has 22 heavy (non-hydrogen) atoms. The first-order valence-corrected chi connectivity index (χ1v) is 6.66. The van der Waals surface area contributed by atoms with Crippen LogP contribution in [0.15, 0.2) is 35.1 Å². The van der Waals surface area contributed by atoms with Gasteiger partial charge in [-0.2, -0.15) is 0 Å². The molecule has 7 nitrogen and oxygen atoms in total. The molecule has 0 bridgehead atoms. The number of hydrogen-bond acceptors (Lipinski definition) is 6. The summed E-state index contributed by atoms with van der Waals surface area (Å²) < 4.78 is 9.86. The summed E-state index contributed by atoms with van der Waals surface area (Å²) in [5, 5.41) is 2.97. The maximum Gasteiger partial charge on any atom is 0.343 e. The second-order valence-corrected chi connectivity index (χ2v) is 4.42. The Balaban J connectivity index is 2.26. The van der Waals surface area contributed by atoms with Gasteiger partial charge in [0.25, 0.3) is 5.56 Å². The summed E-state index contributed by atoms with van der Waals surface area (Å²) in [4.78, 5) is 26.1. The van der Waals surface area contributed by atoms with Crippen molar-refractivity contribution in [3.05, 3.63) is 46.2 Å². The summed E-state index contributed by atoms with van der Waals surface area (Å²) in [5.74, 6) is 0.319. The van der Waals surface area contributed by atoms with Crippen LogP contribution in [0.25, 0.3) is 0 Å². The predicted molar refractivity (Wildman–Crippen MR) is 83.7 cm³/mol. The number of benzene rings is 1. The van der Waals surface area contributed by atoms with Gasteiger partial charge in [0.05, 0.1) is 19.4 Å². The van der Waals surface area contributed by atoms with Crippen LogP contribution in [0.1, 0.15) is 17.3 Å². The summed E-state index contributed by atoms with van der Waals surface area (Å²) in [6.45, 7) is 1.85. The molecule has 0 radical (unpaired) electrons. The Hall–Kier alpha value is -2.96. The molecule has 0 aliphatic rings. The quantitative estimate of drug-likeness (QED) is 0.728. The molecule has 7 heteroatoms. The van der Waals surface area contributed by atoms with Crippen LogP contribution in [0.3, 0.4) is 0 Å². The van der Waals surface area contributed by atoms with Crippen LogP contribution in [0.4, 0.5) is 17.2 Å². The van der Waals surface area contributed by atoms with Gasteiger partial charge in [0.2, 0.25) is 0 Å². The van der Waals surface area contributed by atoms with Crippen molar-refractivity contribution in [3.8, 4) is 5.75 Å². The molecule has 4 N–H and O–H groups in total. The second kappa shape index (κ2) is 6.66. The fourth-order valence-corrected chi connectivity index (χ4v) is 1.83. The molecule has 2 aromatic rings. The van der Waals surface area contributed by atoms with Crippen LogP contribution in [0.2, 0.25) is 0 Å². The van der Waals surface area contributed by atoms with Crippen molar-refractivity contribution in [2.24, 2.45) is 0 Å². The topological polar surface area (TPSA) is 106 Å². The van der Waals surface area contributed by atoms with Gasteiger partial charge in [0.1, 0.15) is 17.1 Å². The van der Waals surface area contributed by atoms with E-state index in [1.54, 1.807) is 38.3 Å². The van der Waals surface area contributed by atoms with Crippen molar-refractivity contribution in [2.75, 3.05) is 24.8 Å². The van der Waals surface area contributed by atoms with E-state index in [1.165, 1.54) is 6.07 Å². The van der Waals surface area contributed by atoms with Gasteiger partial charge in [-0.25, -0.2) is 4.79 Å². The average molecular weight is 303 g/mol. The number of carbonyl (C=O) groups is 1. The van der Waals surface area contributed by atoms with E-state index < -0.39 is 11.5 Å². The van der Waals surface area contributed by atoms with Crippen molar-refractivity contribution in [1.29, 1.82) is 0 Å². The summed E-state index contributed by atoms with van der Waals surface area (Å²) in [5.41, 5.74) is 6.12. The molecular weight excluding hydrogens is 286 g/mol. The lowest BCUT2D eigenvalue weighted by molar-refractivity contribution is 0.0524. The number of aromatic amines is 1. The second-order valence-electron chi connectivity index (χ2n) is 4.42. The van der Waals surface area contributed by atoms with Crippen LogP contribution >= 0.6 is 0 Å². The van der Waals surface area contributed by atoms with E-state index in [0.717, 1.165) is 0 Å². The number of H-pyrrole nitrogens is 1. The van der Waals surface area contributed by atoms with Crippen LogP contribution in [0, 0.1) is 0 Å². The lowest BCUT2D eigenvalue weighted by Crippen LogP contribution is -2.21. The number of ether oxygens (including phenoxy) is 2. The highest BCUT2D eigenvalue weighted by Gasteiger charge is 2.14. The van der Waals surface area contributed by atoms with E-state index in [4.69, 9.17) is 15.2 Å². The Labute approximate surface area is 127 Å². The molecule has 116 valence electrons. The van der Waals surface area contributed by atoms with Gasteiger partial charge in [-0.1, -0.05) is 0 Å². The highest BCUT2D eigenvalue weighted by atomic mass is 16.5. The third kappa shape index (κ3) is 3.38. The number of carbonyl (C=O) groups excluding carboxylic acids is 1. The largest absolute Gasteiger partial charge is 0.497 e. The number of nitrogens with two attached hydrogens (primary N) is 1. The molecule has 0 aliphatic heterocycles. The maximum atomic E-state index is 11.9. The van der Waals surface area contributed by atoms with Crippen LogP contribution in [0.5, 0.6) is 5.75 Å². The van der Waals surface area contributed by atoms with E-state index in [0.29, 0.717) is 17.3 Å². The molecule has 0 atom stereocenters. The number of hydrogen-bond donors (Lipinski definition) is 3. The van der Waals surface area contributed by atoms with Gasteiger partial charge in [0.15, 0.2) is 0 Å². The van der Waals surface area contributed by atoms with Gasteiger partial charge >= 0.3 is 5.97 Å². The molecule has 1 heterocycles. The zero-order valence-corrected chi connectivity index (χ0v) is 12.3. The first-order chi connectivity index (χ1) is 10.5. The molecule has 0 saturated carbocycles. The molecule has 1 aromatic carbocycles. The summed E-state index contributed by atoms with van der Waals surface area (Å²) in [6.07, 6.45) is 0. The number of nitrogen functional groups attached to an aromatic ring is 1. The molecule has 0 amide bonds. The zero-order chi connectivity index (χ0) is 16.1. The number of aromatic nitrogens is 1. The normalized spacial score (nSPS) is 10.1. The highest BCUT2D eigenvalue weighted by molar-refractivity contribution is 5.91. The van der Waals surface area contributed by atoms with E-state index in [1.807, 2.05) is 0 Å². The fraction of sp³-hybridized carbons (Fsp3) is 0.200. The molecule has 0 aliphatic carbocycles. The Bertz CT molecular complexity index is 723. The maximum absolute atomic E-state index is 11.9. The number of rotatable bonds is 5. The number of esters is 1. The van der Waals surface area contributed by atoms with E-state index in [2.05, 4.69) is 10.3 Å². The smallest absolute Gasteiger partial charge is 0.343 e. The molecule has 2 rings (SSSR count). The van der Waals surface area contributed by atoms with Gasteiger partial charge in [-0.3, -0.25) is 4.79 Å². The van der Waals surface area contributed by atoms with Crippen LogP contribution < -0.4 is 21.3 Å². The van der Waals surface area contributed by atoms with Gasteiger partial charge in [-0.15, -0.1) is 0 Å². The predicted octanol–water partition coefficient (Wildman–Crippen LogP) is 1.89. The summed E-state index contributed by atoms with van der Waals surface area (Å²) in [7, 11) is 1.58. The van der Waals surface area contributed by atoms with Gasteiger partial charge in [0, 0.05) is 5.69 Å². The van der Waals surface area contributed by atoms with Crippen LogP contribution in [-0.2, 0) is 4.74 Å². The van der Waals surface area contributed by atoms with E-state index in [9.17, 15) is 9.59 Å². The van der Waals surface area contributed by atoms with Crippen molar-refractivity contribution in [1.82, 2.24) is 4.98 Å². The zero-order valence-electron chi connectivity index (χ0n) is 12.3. The molecule has 0 unspecified atom stereocenters. The minimum Gasteiger partial charge on any atom is -0.497 e. The first kappa shape index (κ1) is 15.4. The third-order valence-corrected chi connectivity index (χ3v) is 2.93. The number of nitrogens with one attached hydrogen (secondary N) is 2. The Morgan fingerprint density at radius 1 is 1.32 bits per heavy atom. The lowest BCUT2D eigenvalue weighted by Gasteiger charge is -2.10. The molecule has 0 saturated heterocycles. The standard InChI is InChI=1S/C15H17N3O4/c1-3-22-15(20)11-8-12(16)13(18-14(11)19)17-9-4-6-10(21-2)7-5-9/h4-8H,3,16H2,1-2H3,(H2,17,18,19). The van der Waals surface area contributed by atoms with Gasteiger partial charge in [-0.05, 0) is 37.3 Å². The third-order valence-electron chi connectivity index (χ3n) is 2.93. The van der Waals surface area contributed by atoms with Crippen molar-refractivity contribution in [3.63, 3.8) is 0 Å². The fourth-order valence-electron chi connectivity index (χ4n) is 1.83. The van der Waals surface area contributed by atoms with E-state index >= 15 is 0 Å². The minimum atomic E-state index is -0.702. The van der Waals surface area contributed by atoms with E-state index in [-0.39, 0.29) is 17.9 Å². The first-order valence-electron chi connectivity index (χ1n) is 6.66. The molecular formula is C15H17N3O4. The monoisotopic (exact) mass is 303 g/mol. The SMILES string of the molecule is CCOC(=O)c1cc(N)c(Nc2ccc(OC)cc2)[nH]c1=O. The Kier molecular flexibility index (Phi) is 4.67. The average Bonchev–Trinajstić information content (AvgIpc) is 2.51. The minimum absolute atomic E-state index is 0.125. The van der Waals surface area contributed by atoms with Crippen LogP contribution in [-0.4, -0.2) is 24.7 Å². The van der Waals surface area contributed by atoms with Crippen molar-refractivity contribution in [2.45, 2.75) is 6.92 Å². The Morgan fingerprint density at radius 3 is 2.59 bits per heavy atom. The molecule has 0 spiro atoms. The molecule has 0 fully saturated rings.